The van der Waals surface area contributed by atoms with E-state index in [-0.39, 0.29) is 12.5 Å². The molecule has 0 aliphatic carbocycles. The minimum atomic E-state index is -0.428. The summed E-state index contributed by atoms with van der Waals surface area (Å²) in [6, 6.07) is 0. The third-order valence-electron chi connectivity index (χ3n) is 3.38. The van der Waals surface area contributed by atoms with Crippen LogP contribution in [0.1, 0.15) is 37.2 Å². The Hall–Kier alpha value is -1.86. The first-order valence-electron chi connectivity index (χ1n) is 6.73. The number of carbonyl (C=O) groups is 1. The van der Waals surface area contributed by atoms with Gasteiger partial charge in [0.25, 0.3) is 5.91 Å². The van der Waals surface area contributed by atoms with Crippen molar-refractivity contribution in [2.75, 3.05) is 6.61 Å². The van der Waals surface area contributed by atoms with Gasteiger partial charge in [-0.3, -0.25) is 14.8 Å². The van der Waals surface area contributed by atoms with Crippen molar-refractivity contribution in [1.82, 2.24) is 20.3 Å². The number of hydrogen-bond donors (Lipinski definition) is 2. The molecule has 6 nitrogen and oxygen atoms in total. The van der Waals surface area contributed by atoms with Crippen LogP contribution in [0.4, 0.5) is 0 Å². The molecule has 2 N–H and O–H groups in total. The highest BCUT2D eigenvalue weighted by molar-refractivity contribution is 7.13. The molecule has 21 heavy (non-hydrogen) atoms. The Balaban J connectivity index is 2.12. The van der Waals surface area contributed by atoms with Crippen LogP contribution in [0.3, 0.4) is 0 Å². The van der Waals surface area contributed by atoms with Crippen LogP contribution in [-0.4, -0.2) is 38.1 Å². The number of nitrogens with zero attached hydrogens (tertiary/aromatic N) is 3. The van der Waals surface area contributed by atoms with Gasteiger partial charge in [-0.05, 0) is 19.8 Å². The first-order valence-corrected chi connectivity index (χ1v) is 7.61. The maximum absolute atomic E-state index is 12.3. The number of carbonyl (C=O) groups excluding carboxylic acids is 1. The van der Waals surface area contributed by atoms with Gasteiger partial charge in [0, 0.05) is 29.9 Å². The van der Waals surface area contributed by atoms with Crippen molar-refractivity contribution in [2.45, 2.75) is 32.2 Å². The zero-order valence-electron chi connectivity index (χ0n) is 12.0. The Bertz CT molecular complexity index is 602. The lowest BCUT2D eigenvalue weighted by molar-refractivity contribution is 0.0882. The molecule has 0 spiro atoms. The smallest absolute Gasteiger partial charge is 0.271 e. The summed E-state index contributed by atoms with van der Waals surface area (Å²) >= 11 is 1.35. The Morgan fingerprint density at radius 2 is 2.29 bits per heavy atom. The third kappa shape index (κ3) is 3.83. The topological polar surface area (TPSA) is 88.0 Å². The van der Waals surface area contributed by atoms with Crippen LogP contribution in [0.2, 0.25) is 0 Å². The molecule has 0 saturated carbocycles. The van der Waals surface area contributed by atoms with Gasteiger partial charge in [-0.15, -0.1) is 11.3 Å². The summed E-state index contributed by atoms with van der Waals surface area (Å²) in [5.74, 6) is -0.237. The van der Waals surface area contributed by atoms with E-state index in [2.05, 4.69) is 20.3 Å². The number of rotatable bonds is 6. The van der Waals surface area contributed by atoms with E-state index in [4.69, 9.17) is 5.11 Å². The molecule has 112 valence electrons. The molecular weight excluding hydrogens is 288 g/mol. The van der Waals surface area contributed by atoms with E-state index in [1.165, 1.54) is 11.3 Å². The molecule has 2 heterocycles. The number of amides is 1. The van der Waals surface area contributed by atoms with Crippen molar-refractivity contribution in [3.8, 4) is 10.7 Å². The maximum atomic E-state index is 12.3. The Morgan fingerprint density at radius 3 is 2.90 bits per heavy atom. The molecular formula is C14H18N4O2S. The second kappa shape index (κ2) is 6.73. The first-order chi connectivity index (χ1) is 10.1. The highest BCUT2D eigenvalue weighted by Gasteiger charge is 2.25. The summed E-state index contributed by atoms with van der Waals surface area (Å²) in [5.41, 5.74) is 0.579. The van der Waals surface area contributed by atoms with Gasteiger partial charge < -0.3 is 10.4 Å². The minimum Gasteiger partial charge on any atom is -0.396 e. The Labute approximate surface area is 127 Å². The molecule has 2 rings (SSSR count). The Kier molecular flexibility index (Phi) is 4.98. The summed E-state index contributed by atoms with van der Waals surface area (Å²) in [7, 11) is 0. The van der Waals surface area contributed by atoms with E-state index < -0.39 is 5.54 Å². The van der Waals surface area contributed by atoms with Gasteiger partial charge in [0.15, 0.2) is 0 Å². The lowest BCUT2D eigenvalue weighted by Gasteiger charge is -2.28. The van der Waals surface area contributed by atoms with Gasteiger partial charge in [-0.2, -0.15) is 0 Å². The molecule has 0 saturated heterocycles. The van der Waals surface area contributed by atoms with Crippen LogP contribution < -0.4 is 5.32 Å². The standard InChI is InChI=1S/C14H18N4O2S/c1-3-14(2,4-7-19)18-12(20)11-9-21-13(17-11)10-8-15-5-6-16-10/h5-6,8-9,19H,3-4,7H2,1-2H3,(H,18,20). The van der Waals surface area contributed by atoms with Gasteiger partial charge >= 0.3 is 0 Å². The van der Waals surface area contributed by atoms with Crippen LogP contribution in [0.25, 0.3) is 10.7 Å². The van der Waals surface area contributed by atoms with Crippen molar-refractivity contribution in [2.24, 2.45) is 0 Å². The number of hydrogen-bond acceptors (Lipinski definition) is 6. The average molecular weight is 306 g/mol. The van der Waals surface area contributed by atoms with E-state index in [0.29, 0.717) is 22.8 Å². The van der Waals surface area contributed by atoms with Crippen LogP contribution >= 0.6 is 11.3 Å². The number of aliphatic hydroxyl groups excluding tert-OH is 1. The maximum Gasteiger partial charge on any atom is 0.271 e. The van der Waals surface area contributed by atoms with Crippen molar-refractivity contribution in [1.29, 1.82) is 0 Å². The number of aromatic nitrogens is 3. The summed E-state index contributed by atoms with van der Waals surface area (Å²) in [6.45, 7) is 3.92. The van der Waals surface area contributed by atoms with Gasteiger partial charge in [0.1, 0.15) is 16.4 Å². The lowest BCUT2D eigenvalue weighted by Crippen LogP contribution is -2.46. The molecule has 0 bridgehead atoms. The fourth-order valence-corrected chi connectivity index (χ4v) is 2.58. The molecule has 7 heteroatoms. The lowest BCUT2D eigenvalue weighted by atomic mass is 9.95. The quantitative estimate of drug-likeness (QED) is 0.850. The zero-order chi connectivity index (χ0) is 15.3. The first kappa shape index (κ1) is 15.5. The molecule has 0 fully saturated rings. The second-order valence-electron chi connectivity index (χ2n) is 4.97. The van der Waals surface area contributed by atoms with Gasteiger partial charge in [0.05, 0.1) is 6.20 Å². The highest BCUT2D eigenvalue weighted by atomic mass is 32.1. The molecule has 0 aliphatic heterocycles. The second-order valence-corrected chi connectivity index (χ2v) is 5.83. The largest absolute Gasteiger partial charge is 0.396 e. The third-order valence-corrected chi connectivity index (χ3v) is 4.24. The number of aliphatic hydroxyl groups is 1. The normalized spacial score (nSPS) is 13.7. The van der Waals surface area contributed by atoms with E-state index in [9.17, 15) is 4.79 Å². The van der Waals surface area contributed by atoms with E-state index in [0.717, 1.165) is 6.42 Å². The minimum absolute atomic E-state index is 0.0343. The SMILES string of the molecule is CCC(C)(CCO)NC(=O)c1csc(-c2cnccn2)n1. The predicted molar refractivity (Wildman–Crippen MR) is 81.0 cm³/mol. The van der Waals surface area contributed by atoms with E-state index >= 15 is 0 Å². The Morgan fingerprint density at radius 1 is 1.48 bits per heavy atom. The average Bonchev–Trinajstić information content (AvgIpc) is 2.98. The molecule has 0 aromatic carbocycles. The monoisotopic (exact) mass is 306 g/mol. The fourth-order valence-electron chi connectivity index (χ4n) is 1.82. The molecule has 1 amide bonds. The highest BCUT2D eigenvalue weighted by Crippen LogP contribution is 2.21. The van der Waals surface area contributed by atoms with Crippen LogP contribution in [0.5, 0.6) is 0 Å². The van der Waals surface area contributed by atoms with Crippen molar-refractivity contribution < 1.29 is 9.90 Å². The van der Waals surface area contributed by atoms with Gasteiger partial charge in [-0.25, -0.2) is 4.98 Å². The molecule has 0 radical (unpaired) electrons. The van der Waals surface area contributed by atoms with Gasteiger partial charge in [0.2, 0.25) is 0 Å². The summed E-state index contributed by atoms with van der Waals surface area (Å²) in [4.78, 5) is 24.7. The predicted octanol–water partition coefficient (Wildman–Crippen LogP) is 1.88. The van der Waals surface area contributed by atoms with Crippen LogP contribution in [0, 0.1) is 0 Å². The molecule has 1 atom stereocenters. The van der Waals surface area contributed by atoms with Gasteiger partial charge in [-0.1, -0.05) is 6.92 Å². The van der Waals surface area contributed by atoms with Crippen LogP contribution in [-0.2, 0) is 0 Å². The molecule has 1 unspecified atom stereocenters. The van der Waals surface area contributed by atoms with Crippen molar-refractivity contribution >= 4 is 17.2 Å². The summed E-state index contributed by atoms with van der Waals surface area (Å²) in [5, 5.41) is 14.4. The number of thiazole rings is 1. The van der Waals surface area contributed by atoms with E-state index in [1.54, 1.807) is 24.0 Å². The molecule has 0 aliphatic rings. The summed E-state index contributed by atoms with van der Waals surface area (Å²) in [6.07, 6.45) is 6.04. The van der Waals surface area contributed by atoms with E-state index in [1.807, 2.05) is 13.8 Å². The summed E-state index contributed by atoms with van der Waals surface area (Å²) < 4.78 is 0. The van der Waals surface area contributed by atoms with Crippen molar-refractivity contribution in [3.05, 3.63) is 29.7 Å². The number of nitrogens with one attached hydrogen (secondary N) is 1. The fraction of sp³-hybridized carbons (Fsp3) is 0.429. The molecule has 2 aromatic rings. The van der Waals surface area contributed by atoms with Crippen molar-refractivity contribution in [3.63, 3.8) is 0 Å². The zero-order valence-corrected chi connectivity index (χ0v) is 12.9. The molecule has 2 aromatic heterocycles. The van der Waals surface area contributed by atoms with Crippen LogP contribution in [0.15, 0.2) is 24.0 Å².